The standard InChI is InChI=1S/C16H15ClN2O/c1-2-19-14-6-4-3-5-13(14)18-16(19)10-11-7-8-15(20)12(17)9-11/h3-9,20H,2,10H2,1H3. The van der Waals surface area contributed by atoms with E-state index in [1.165, 1.54) is 0 Å². The van der Waals surface area contributed by atoms with E-state index >= 15 is 0 Å². The molecule has 0 bridgehead atoms. The van der Waals surface area contributed by atoms with E-state index in [9.17, 15) is 5.11 Å². The molecule has 0 fully saturated rings. The van der Waals surface area contributed by atoms with Crippen LogP contribution in [0.25, 0.3) is 11.0 Å². The molecule has 0 aliphatic rings. The van der Waals surface area contributed by atoms with Crippen LogP contribution in [0.1, 0.15) is 18.3 Å². The van der Waals surface area contributed by atoms with Crippen LogP contribution in [-0.4, -0.2) is 14.7 Å². The summed E-state index contributed by atoms with van der Waals surface area (Å²) in [6, 6.07) is 13.4. The number of hydrogen-bond acceptors (Lipinski definition) is 2. The molecule has 0 saturated carbocycles. The minimum Gasteiger partial charge on any atom is -0.506 e. The Balaban J connectivity index is 2.03. The van der Waals surface area contributed by atoms with Gasteiger partial charge in [0.25, 0.3) is 0 Å². The first kappa shape index (κ1) is 13.0. The Hall–Kier alpha value is -2.00. The number of phenolic OH excluding ortho intramolecular Hbond substituents is 1. The van der Waals surface area contributed by atoms with Gasteiger partial charge in [-0.3, -0.25) is 0 Å². The molecule has 0 atom stereocenters. The van der Waals surface area contributed by atoms with Gasteiger partial charge in [0.15, 0.2) is 0 Å². The van der Waals surface area contributed by atoms with E-state index in [2.05, 4.69) is 22.5 Å². The van der Waals surface area contributed by atoms with Gasteiger partial charge in [-0.25, -0.2) is 4.98 Å². The average Bonchev–Trinajstić information content (AvgIpc) is 2.80. The van der Waals surface area contributed by atoms with E-state index in [0.29, 0.717) is 11.4 Å². The number of fused-ring (bicyclic) bond motifs is 1. The van der Waals surface area contributed by atoms with Crippen LogP contribution in [0, 0.1) is 0 Å². The van der Waals surface area contributed by atoms with Crippen LogP contribution in [0.4, 0.5) is 0 Å². The Labute approximate surface area is 122 Å². The summed E-state index contributed by atoms with van der Waals surface area (Å²) in [5.74, 6) is 1.12. The van der Waals surface area contributed by atoms with E-state index in [-0.39, 0.29) is 5.75 Å². The lowest BCUT2D eigenvalue weighted by atomic mass is 10.1. The van der Waals surface area contributed by atoms with Crippen LogP contribution in [0.15, 0.2) is 42.5 Å². The number of halogens is 1. The number of benzene rings is 2. The molecule has 20 heavy (non-hydrogen) atoms. The number of hydrogen-bond donors (Lipinski definition) is 1. The normalized spacial score (nSPS) is 11.1. The molecule has 2 aromatic carbocycles. The second kappa shape index (κ2) is 5.17. The predicted octanol–water partition coefficient (Wildman–Crippen LogP) is 4.01. The lowest BCUT2D eigenvalue weighted by Crippen LogP contribution is -2.02. The number of imidazole rings is 1. The van der Waals surface area contributed by atoms with Crippen molar-refractivity contribution >= 4 is 22.6 Å². The zero-order valence-corrected chi connectivity index (χ0v) is 11.9. The third kappa shape index (κ3) is 2.25. The van der Waals surface area contributed by atoms with Crippen molar-refractivity contribution in [2.24, 2.45) is 0 Å². The predicted molar refractivity (Wildman–Crippen MR) is 81.3 cm³/mol. The van der Waals surface area contributed by atoms with E-state index in [4.69, 9.17) is 11.6 Å². The molecule has 3 rings (SSSR count). The summed E-state index contributed by atoms with van der Waals surface area (Å²) >= 11 is 5.96. The maximum Gasteiger partial charge on any atom is 0.134 e. The molecule has 1 N–H and O–H groups in total. The summed E-state index contributed by atoms with van der Waals surface area (Å²) < 4.78 is 2.20. The molecule has 102 valence electrons. The largest absolute Gasteiger partial charge is 0.506 e. The Bertz CT molecular complexity index is 764. The van der Waals surface area contributed by atoms with Crippen molar-refractivity contribution in [1.29, 1.82) is 0 Å². The Morgan fingerprint density at radius 3 is 2.75 bits per heavy atom. The number of phenols is 1. The first-order valence-electron chi connectivity index (χ1n) is 6.60. The molecular weight excluding hydrogens is 272 g/mol. The molecular formula is C16H15ClN2O. The van der Waals surface area contributed by atoms with Crippen molar-refractivity contribution in [3.8, 4) is 5.75 Å². The van der Waals surface area contributed by atoms with E-state index in [0.717, 1.165) is 29.0 Å². The fourth-order valence-electron chi connectivity index (χ4n) is 2.46. The van der Waals surface area contributed by atoms with Gasteiger partial charge in [0.05, 0.1) is 16.1 Å². The highest BCUT2D eigenvalue weighted by atomic mass is 35.5. The molecule has 0 radical (unpaired) electrons. The second-order valence-corrected chi connectivity index (χ2v) is 5.13. The van der Waals surface area contributed by atoms with Crippen molar-refractivity contribution in [2.45, 2.75) is 19.9 Å². The highest BCUT2D eigenvalue weighted by molar-refractivity contribution is 6.32. The first-order chi connectivity index (χ1) is 9.69. The zero-order chi connectivity index (χ0) is 14.1. The maximum atomic E-state index is 9.47. The van der Waals surface area contributed by atoms with Gasteiger partial charge < -0.3 is 9.67 Å². The van der Waals surface area contributed by atoms with Crippen molar-refractivity contribution in [1.82, 2.24) is 9.55 Å². The molecule has 1 heterocycles. The molecule has 0 amide bonds. The van der Waals surface area contributed by atoms with Gasteiger partial charge in [0.2, 0.25) is 0 Å². The lowest BCUT2D eigenvalue weighted by Gasteiger charge is -2.07. The summed E-state index contributed by atoms with van der Waals surface area (Å²) in [6.45, 7) is 2.99. The minimum atomic E-state index is 0.111. The molecule has 0 aliphatic heterocycles. The van der Waals surface area contributed by atoms with Crippen molar-refractivity contribution < 1.29 is 5.11 Å². The molecule has 4 heteroatoms. The van der Waals surface area contributed by atoms with Gasteiger partial charge in [-0.15, -0.1) is 0 Å². The van der Waals surface area contributed by atoms with Gasteiger partial charge >= 0.3 is 0 Å². The van der Waals surface area contributed by atoms with Gasteiger partial charge in [-0.1, -0.05) is 29.8 Å². The van der Waals surface area contributed by atoms with E-state index in [1.807, 2.05) is 24.3 Å². The van der Waals surface area contributed by atoms with Crippen molar-refractivity contribution in [3.05, 3.63) is 58.9 Å². The Kier molecular flexibility index (Phi) is 3.36. The van der Waals surface area contributed by atoms with E-state index in [1.54, 1.807) is 12.1 Å². The van der Waals surface area contributed by atoms with Crippen LogP contribution in [0.5, 0.6) is 5.75 Å². The highest BCUT2D eigenvalue weighted by Gasteiger charge is 2.10. The summed E-state index contributed by atoms with van der Waals surface area (Å²) in [5.41, 5.74) is 3.20. The fourth-order valence-corrected chi connectivity index (χ4v) is 2.66. The molecule has 0 aliphatic carbocycles. The monoisotopic (exact) mass is 286 g/mol. The number of rotatable bonds is 3. The topological polar surface area (TPSA) is 38.0 Å². The molecule has 1 aromatic heterocycles. The summed E-state index contributed by atoms with van der Waals surface area (Å²) in [5, 5.41) is 9.85. The van der Waals surface area contributed by atoms with E-state index < -0.39 is 0 Å². The minimum absolute atomic E-state index is 0.111. The number of aryl methyl sites for hydroxylation is 1. The number of aromatic nitrogens is 2. The first-order valence-corrected chi connectivity index (χ1v) is 6.98. The molecule has 3 nitrogen and oxygen atoms in total. The van der Waals surface area contributed by atoms with Crippen LogP contribution >= 0.6 is 11.6 Å². The Morgan fingerprint density at radius 1 is 1.20 bits per heavy atom. The third-order valence-electron chi connectivity index (χ3n) is 3.42. The number of para-hydroxylation sites is 2. The molecule has 0 unspecified atom stereocenters. The molecule has 0 saturated heterocycles. The summed E-state index contributed by atoms with van der Waals surface area (Å²) in [4.78, 5) is 4.69. The van der Waals surface area contributed by atoms with Crippen LogP contribution in [-0.2, 0) is 13.0 Å². The average molecular weight is 287 g/mol. The van der Waals surface area contributed by atoms with Gasteiger partial charge in [0.1, 0.15) is 11.6 Å². The van der Waals surface area contributed by atoms with Gasteiger partial charge in [-0.2, -0.15) is 0 Å². The fraction of sp³-hybridized carbons (Fsp3) is 0.188. The second-order valence-electron chi connectivity index (χ2n) is 4.72. The summed E-state index contributed by atoms with van der Waals surface area (Å²) in [7, 11) is 0. The summed E-state index contributed by atoms with van der Waals surface area (Å²) in [6.07, 6.45) is 0.697. The number of nitrogens with zero attached hydrogens (tertiary/aromatic N) is 2. The maximum absolute atomic E-state index is 9.47. The SMILES string of the molecule is CCn1c(Cc2ccc(O)c(Cl)c2)nc2ccccc21. The van der Waals surface area contributed by atoms with Crippen molar-refractivity contribution in [3.63, 3.8) is 0 Å². The Morgan fingerprint density at radius 2 is 2.00 bits per heavy atom. The van der Waals surface area contributed by atoms with Crippen LogP contribution in [0.2, 0.25) is 5.02 Å². The van der Waals surface area contributed by atoms with Crippen molar-refractivity contribution in [2.75, 3.05) is 0 Å². The zero-order valence-electron chi connectivity index (χ0n) is 11.2. The molecule has 0 spiro atoms. The van der Waals surface area contributed by atoms with Gasteiger partial charge in [0, 0.05) is 13.0 Å². The number of aromatic hydroxyl groups is 1. The van der Waals surface area contributed by atoms with Gasteiger partial charge in [-0.05, 0) is 36.8 Å². The smallest absolute Gasteiger partial charge is 0.134 e. The lowest BCUT2D eigenvalue weighted by molar-refractivity contribution is 0.475. The van der Waals surface area contributed by atoms with Crippen LogP contribution < -0.4 is 0 Å². The highest BCUT2D eigenvalue weighted by Crippen LogP contribution is 2.25. The van der Waals surface area contributed by atoms with Crippen LogP contribution in [0.3, 0.4) is 0 Å². The third-order valence-corrected chi connectivity index (χ3v) is 3.73. The molecule has 3 aromatic rings. The quantitative estimate of drug-likeness (QED) is 0.790.